The van der Waals surface area contributed by atoms with Crippen molar-refractivity contribution in [3.05, 3.63) is 0 Å². The van der Waals surface area contributed by atoms with E-state index in [9.17, 15) is 9.59 Å². The molecular formula is C9H16N2O3. The summed E-state index contributed by atoms with van der Waals surface area (Å²) in [6.45, 7) is 2.77. The molecule has 1 rings (SSSR count). The summed E-state index contributed by atoms with van der Waals surface area (Å²) in [5, 5.41) is 8.66. The lowest BCUT2D eigenvalue weighted by Crippen LogP contribution is -2.57. The molecule has 0 aliphatic carbocycles. The van der Waals surface area contributed by atoms with Crippen molar-refractivity contribution < 1.29 is 14.7 Å². The van der Waals surface area contributed by atoms with E-state index < -0.39 is 5.97 Å². The van der Waals surface area contributed by atoms with Crippen molar-refractivity contribution >= 4 is 11.9 Å². The van der Waals surface area contributed by atoms with E-state index in [-0.39, 0.29) is 17.9 Å². The average molecular weight is 200 g/mol. The number of carboxylic acid groups (broad SMARTS) is 1. The van der Waals surface area contributed by atoms with Crippen LogP contribution < -0.4 is 0 Å². The van der Waals surface area contributed by atoms with E-state index in [1.54, 1.807) is 21.0 Å². The smallest absolute Gasteiger partial charge is 0.309 e. The summed E-state index contributed by atoms with van der Waals surface area (Å²) >= 11 is 0. The van der Waals surface area contributed by atoms with Crippen molar-refractivity contribution in [3.63, 3.8) is 0 Å². The number of carbonyl (C=O) groups excluding carboxylic acids is 1. The number of carbonyl (C=O) groups is 2. The van der Waals surface area contributed by atoms with Crippen LogP contribution in [0.15, 0.2) is 0 Å². The standard InChI is InChI=1S/C9H16N2O3/c1-6(8(12)10(2)3)11-4-7(5-11)9(13)14/h6-7H,4-5H2,1-3H3,(H,13,14). The Bertz CT molecular complexity index is 246. The van der Waals surface area contributed by atoms with Crippen molar-refractivity contribution in [1.82, 2.24) is 9.80 Å². The third kappa shape index (κ3) is 2.04. The maximum Gasteiger partial charge on any atom is 0.309 e. The van der Waals surface area contributed by atoms with Crippen molar-refractivity contribution in [1.29, 1.82) is 0 Å². The molecule has 1 N–H and O–H groups in total. The van der Waals surface area contributed by atoms with Crippen molar-refractivity contribution in [2.75, 3.05) is 27.2 Å². The molecule has 0 aromatic rings. The van der Waals surface area contributed by atoms with Crippen molar-refractivity contribution in [2.45, 2.75) is 13.0 Å². The molecule has 1 aliphatic heterocycles. The fourth-order valence-corrected chi connectivity index (χ4v) is 1.51. The molecule has 1 unspecified atom stereocenters. The molecule has 1 aliphatic rings. The van der Waals surface area contributed by atoms with Gasteiger partial charge in [-0.1, -0.05) is 0 Å². The predicted molar refractivity (Wildman–Crippen MR) is 50.9 cm³/mol. The van der Waals surface area contributed by atoms with Gasteiger partial charge in [0.15, 0.2) is 0 Å². The van der Waals surface area contributed by atoms with E-state index in [1.165, 1.54) is 4.90 Å². The molecule has 0 saturated carbocycles. The van der Waals surface area contributed by atoms with Gasteiger partial charge in [-0.05, 0) is 6.92 Å². The third-order valence-corrected chi connectivity index (χ3v) is 2.60. The Balaban J connectivity index is 2.40. The zero-order chi connectivity index (χ0) is 10.9. The minimum atomic E-state index is -0.772. The summed E-state index contributed by atoms with van der Waals surface area (Å²) in [7, 11) is 3.40. The topological polar surface area (TPSA) is 60.9 Å². The van der Waals surface area contributed by atoms with Gasteiger partial charge in [-0.3, -0.25) is 14.5 Å². The first-order valence-electron chi connectivity index (χ1n) is 4.61. The van der Waals surface area contributed by atoms with E-state index >= 15 is 0 Å². The van der Waals surface area contributed by atoms with Crippen molar-refractivity contribution in [2.24, 2.45) is 5.92 Å². The van der Waals surface area contributed by atoms with Crippen LogP contribution in [0.1, 0.15) is 6.92 Å². The van der Waals surface area contributed by atoms with Crippen LogP contribution in [0.3, 0.4) is 0 Å². The molecule has 1 atom stereocenters. The minimum Gasteiger partial charge on any atom is -0.481 e. The third-order valence-electron chi connectivity index (χ3n) is 2.60. The Kier molecular flexibility index (Phi) is 3.10. The quantitative estimate of drug-likeness (QED) is 0.666. The maximum atomic E-state index is 11.5. The monoisotopic (exact) mass is 200 g/mol. The molecular weight excluding hydrogens is 184 g/mol. The molecule has 0 bridgehead atoms. The lowest BCUT2D eigenvalue weighted by molar-refractivity contribution is -0.152. The van der Waals surface area contributed by atoms with Gasteiger partial charge in [-0.25, -0.2) is 0 Å². The lowest BCUT2D eigenvalue weighted by atomic mass is 9.98. The summed E-state index contributed by atoms with van der Waals surface area (Å²) in [6, 6.07) is -0.208. The number of likely N-dealkylation sites (tertiary alicyclic amines) is 1. The first kappa shape index (κ1) is 11.0. The largest absolute Gasteiger partial charge is 0.481 e. The van der Waals surface area contributed by atoms with Crippen LogP contribution in [0.25, 0.3) is 0 Å². The predicted octanol–water partition coefficient (Wildman–Crippen LogP) is -0.520. The number of carboxylic acids is 1. The molecule has 1 heterocycles. The Morgan fingerprint density at radius 3 is 2.29 bits per heavy atom. The summed E-state index contributed by atoms with van der Waals surface area (Å²) in [5.74, 6) is -1.05. The normalized spacial score (nSPS) is 19.9. The number of aliphatic carboxylic acids is 1. The number of hydrogen-bond donors (Lipinski definition) is 1. The molecule has 0 radical (unpaired) electrons. The second kappa shape index (κ2) is 3.96. The molecule has 5 heteroatoms. The lowest BCUT2D eigenvalue weighted by Gasteiger charge is -2.40. The van der Waals surface area contributed by atoms with Gasteiger partial charge in [0.1, 0.15) is 0 Å². The van der Waals surface area contributed by atoms with Crippen LogP contribution in [-0.2, 0) is 9.59 Å². The Hall–Kier alpha value is -1.10. The molecule has 0 aromatic carbocycles. The molecule has 1 fully saturated rings. The van der Waals surface area contributed by atoms with E-state index in [1.807, 2.05) is 4.90 Å². The van der Waals surface area contributed by atoms with Gasteiger partial charge >= 0.3 is 5.97 Å². The minimum absolute atomic E-state index is 0.0221. The summed E-state index contributed by atoms with van der Waals surface area (Å²) < 4.78 is 0. The van der Waals surface area contributed by atoms with Gasteiger partial charge in [0.2, 0.25) is 5.91 Å². The van der Waals surface area contributed by atoms with Gasteiger partial charge < -0.3 is 10.0 Å². The molecule has 5 nitrogen and oxygen atoms in total. The molecule has 1 amide bonds. The first-order chi connectivity index (χ1) is 6.43. The van der Waals surface area contributed by atoms with E-state index in [4.69, 9.17) is 5.11 Å². The van der Waals surface area contributed by atoms with Crippen LogP contribution >= 0.6 is 0 Å². The highest BCUT2D eigenvalue weighted by molar-refractivity contribution is 5.81. The van der Waals surface area contributed by atoms with Crippen LogP contribution in [0, 0.1) is 5.92 Å². The van der Waals surface area contributed by atoms with Crippen LogP contribution in [-0.4, -0.2) is 60.0 Å². The summed E-state index contributed by atoms with van der Waals surface area (Å²) in [4.78, 5) is 25.4. The fraction of sp³-hybridized carbons (Fsp3) is 0.778. The number of rotatable bonds is 3. The molecule has 1 saturated heterocycles. The molecule has 0 spiro atoms. The second-order valence-electron chi connectivity index (χ2n) is 3.90. The van der Waals surface area contributed by atoms with Gasteiger partial charge in [0.05, 0.1) is 12.0 Å². The molecule has 80 valence electrons. The number of amides is 1. The van der Waals surface area contributed by atoms with Gasteiger partial charge in [0.25, 0.3) is 0 Å². The number of likely N-dealkylation sites (N-methyl/N-ethyl adjacent to an activating group) is 1. The first-order valence-corrected chi connectivity index (χ1v) is 4.61. The Morgan fingerprint density at radius 2 is 1.93 bits per heavy atom. The zero-order valence-corrected chi connectivity index (χ0v) is 8.73. The summed E-state index contributed by atoms with van der Waals surface area (Å²) in [6.07, 6.45) is 0. The van der Waals surface area contributed by atoms with E-state index in [0.717, 1.165) is 0 Å². The van der Waals surface area contributed by atoms with Crippen molar-refractivity contribution in [3.8, 4) is 0 Å². The fourth-order valence-electron chi connectivity index (χ4n) is 1.51. The summed E-state index contributed by atoms with van der Waals surface area (Å²) in [5.41, 5.74) is 0. The highest BCUT2D eigenvalue weighted by Gasteiger charge is 2.37. The zero-order valence-electron chi connectivity index (χ0n) is 8.73. The molecule has 14 heavy (non-hydrogen) atoms. The van der Waals surface area contributed by atoms with Crippen LogP contribution in [0.4, 0.5) is 0 Å². The maximum absolute atomic E-state index is 11.5. The van der Waals surface area contributed by atoms with Gasteiger partial charge in [0, 0.05) is 27.2 Å². The number of hydrogen-bond acceptors (Lipinski definition) is 3. The Labute approximate surface area is 83.3 Å². The van der Waals surface area contributed by atoms with Crippen LogP contribution in [0.2, 0.25) is 0 Å². The highest BCUT2D eigenvalue weighted by Crippen LogP contribution is 2.19. The van der Waals surface area contributed by atoms with Gasteiger partial charge in [-0.2, -0.15) is 0 Å². The highest BCUT2D eigenvalue weighted by atomic mass is 16.4. The van der Waals surface area contributed by atoms with Crippen LogP contribution in [0.5, 0.6) is 0 Å². The van der Waals surface area contributed by atoms with E-state index in [0.29, 0.717) is 13.1 Å². The van der Waals surface area contributed by atoms with E-state index in [2.05, 4.69) is 0 Å². The average Bonchev–Trinajstić information content (AvgIpc) is 1.98. The number of nitrogens with zero attached hydrogens (tertiary/aromatic N) is 2. The second-order valence-corrected chi connectivity index (χ2v) is 3.90. The van der Waals surface area contributed by atoms with Gasteiger partial charge in [-0.15, -0.1) is 0 Å². The molecule has 0 aromatic heterocycles. The SMILES string of the molecule is CC(C(=O)N(C)C)N1CC(C(=O)O)C1. The Morgan fingerprint density at radius 1 is 1.43 bits per heavy atom.